The van der Waals surface area contributed by atoms with Crippen molar-refractivity contribution < 1.29 is 5.11 Å². The van der Waals surface area contributed by atoms with Gasteiger partial charge in [-0.2, -0.15) is 5.10 Å². The van der Waals surface area contributed by atoms with Crippen molar-refractivity contribution in [3.8, 4) is 17.0 Å². The largest absolute Gasteiger partial charge is 0.508 e. The number of aryl methyl sites for hydroxylation is 1. The molecule has 1 fully saturated rings. The summed E-state index contributed by atoms with van der Waals surface area (Å²) >= 11 is 6.22. The number of benzene rings is 2. The average Bonchev–Trinajstić information content (AvgIpc) is 3.20. The third kappa shape index (κ3) is 3.31. The zero-order chi connectivity index (χ0) is 20.7. The standard InChI is InChI=1S/C22H21ClN6O/c1-14-5-6-16(23)12-18(14)28-7-9-29(10-8-28)22-19-20(15-3-2-4-17(30)11-15)26-27-21(19)24-13-25-22/h2-6,11-13,30H,7-10H2,1H3,(H,24,25,26,27). The van der Waals surface area contributed by atoms with Crippen LogP contribution in [0.5, 0.6) is 5.75 Å². The molecule has 0 saturated carbocycles. The van der Waals surface area contributed by atoms with E-state index in [2.05, 4.69) is 43.0 Å². The number of nitrogens with one attached hydrogen (secondary N) is 1. The molecule has 0 bridgehead atoms. The SMILES string of the molecule is Cc1ccc(Cl)cc1N1CCN(c2ncnc3n[nH]c(-c4cccc(O)c4)c23)CC1. The topological polar surface area (TPSA) is 81.2 Å². The number of anilines is 2. The van der Waals surface area contributed by atoms with Gasteiger partial charge in [0, 0.05) is 42.5 Å². The second-order valence-corrected chi connectivity index (χ2v) is 7.89. The first kappa shape index (κ1) is 18.7. The molecule has 2 aromatic heterocycles. The van der Waals surface area contributed by atoms with Crippen LogP contribution in [0.2, 0.25) is 5.02 Å². The molecule has 1 aliphatic rings. The third-order valence-electron chi connectivity index (χ3n) is 5.56. The molecule has 8 heteroatoms. The molecule has 2 N–H and O–H groups in total. The predicted molar refractivity (Wildman–Crippen MR) is 119 cm³/mol. The first-order valence-corrected chi connectivity index (χ1v) is 10.2. The smallest absolute Gasteiger partial charge is 0.186 e. The Hall–Kier alpha value is -3.32. The molecular formula is C22H21ClN6O. The number of aromatic nitrogens is 4. The molecule has 7 nitrogen and oxygen atoms in total. The summed E-state index contributed by atoms with van der Waals surface area (Å²) in [5.74, 6) is 1.06. The fourth-order valence-electron chi connectivity index (χ4n) is 4.03. The minimum absolute atomic E-state index is 0.208. The van der Waals surface area contributed by atoms with Crippen LogP contribution in [0.1, 0.15) is 5.56 Å². The molecule has 3 heterocycles. The first-order valence-electron chi connectivity index (χ1n) is 9.84. The third-order valence-corrected chi connectivity index (χ3v) is 5.79. The van der Waals surface area contributed by atoms with Crippen LogP contribution in [0, 0.1) is 6.92 Å². The molecule has 1 saturated heterocycles. The number of fused-ring (bicyclic) bond motifs is 1. The minimum Gasteiger partial charge on any atom is -0.508 e. The molecule has 0 atom stereocenters. The summed E-state index contributed by atoms with van der Waals surface area (Å²) in [5, 5.41) is 18.9. The molecule has 5 rings (SSSR count). The number of rotatable bonds is 3. The zero-order valence-electron chi connectivity index (χ0n) is 16.5. The van der Waals surface area contributed by atoms with E-state index in [4.69, 9.17) is 11.6 Å². The zero-order valence-corrected chi connectivity index (χ0v) is 17.3. The van der Waals surface area contributed by atoms with Crippen LogP contribution in [-0.4, -0.2) is 51.5 Å². The maximum absolute atomic E-state index is 9.89. The van der Waals surface area contributed by atoms with Crippen molar-refractivity contribution in [2.24, 2.45) is 0 Å². The summed E-state index contributed by atoms with van der Waals surface area (Å²) in [6, 6.07) is 13.1. The lowest BCUT2D eigenvalue weighted by molar-refractivity contribution is 0.475. The summed E-state index contributed by atoms with van der Waals surface area (Å²) in [5.41, 5.74) is 4.68. The van der Waals surface area contributed by atoms with Crippen LogP contribution in [0.15, 0.2) is 48.8 Å². The number of phenols is 1. The normalized spacial score (nSPS) is 14.5. The van der Waals surface area contributed by atoms with Gasteiger partial charge < -0.3 is 14.9 Å². The van der Waals surface area contributed by atoms with Crippen molar-refractivity contribution in [3.63, 3.8) is 0 Å². The van der Waals surface area contributed by atoms with E-state index < -0.39 is 0 Å². The van der Waals surface area contributed by atoms with Gasteiger partial charge in [-0.1, -0.05) is 29.8 Å². The Bertz CT molecular complexity index is 1220. The fraction of sp³-hybridized carbons (Fsp3) is 0.227. The monoisotopic (exact) mass is 420 g/mol. The van der Waals surface area contributed by atoms with E-state index in [-0.39, 0.29) is 5.75 Å². The summed E-state index contributed by atoms with van der Waals surface area (Å²) in [6.45, 7) is 5.49. The number of H-pyrrole nitrogens is 1. The highest BCUT2D eigenvalue weighted by Crippen LogP contribution is 2.34. The van der Waals surface area contributed by atoms with Gasteiger partial charge in [0.05, 0.1) is 11.1 Å². The number of nitrogens with zero attached hydrogens (tertiary/aromatic N) is 5. The van der Waals surface area contributed by atoms with Gasteiger partial charge in [0.25, 0.3) is 0 Å². The van der Waals surface area contributed by atoms with E-state index in [9.17, 15) is 5.11 Å². The van der Waals surface area contributed by atoms with E-state index in [0.29, 0.717) is 5.65 Å². The van der Waals surface area contributed by atoms with Gasteiger partial charge in [0.2, 0.25) is 0 Å². The molecule has 4 aromatic rings. The van der Waals surface area contributed by atoms with Crippen molar-refractivity contribution in [1.29, 1.82) is 0 Å². The first-order chi connectivity index (χ1) is 14.6. The van der Waals surface area contributed by atoms with Gasteiger partial charge in [-0.15, -0.1) is 0 Å². The Balaban J connectivity index is 1.46. The number of phenolic OH excluding ortho intramolecular Hbond substituents is 1. The van der Waals surface area contributed by atoms with Crippen molar-refractivity contribution in [2.75, 3.05) is 36.0 Å². The Labute approximate surface area is 178 Å². The number of hydrogen-bond acceptors (Lipinski definition) is 6. The Kier molecular flexibility index (Phi) is 4.67. The molecule has 0 radical (unpaired) electrons. The average molecular weight is 421 g/mol. The second kappa shape index (κ2) is 7.50. The van der Waals surface area contributed by atoms with E-state index in [1.54, 1.807) is 18.5 Å². The van der Waals surface area contributed by atoms with Crippen LogP contribution < -0.4 is 9.80 Å². The van der Waals surface area contributed by atoms with Crippen molar-refractivity contribution in [1.82, 2.24) is 20.2 Å². The summed E-state index contributed by atoms with van der Waals surface area (Å²) in [7, 11) is 0. The molecule has 0 spiro atoms. The van der Waals surface area contributed by atoms with Crippen molar-refractivity contribution in [2.45, 2.75) is 6.92 Å². The van der Waals surface area contributed by atoms with Crippen LogP contribution >= 0.6 is 11.6 Å². The Morgan fingerprint density at radius 3 is 2.60 bits per heavy atom. The molecule has 1 aliphatic heterocycles. The second-order valence-electron chi connectivity index (χ2n) is 7.45. The van der Waals surface area contributed by atoms with Gasteiger partial charge in [0.15, 0.2) is 5.65 Å². The molecule has 0 aliphatic carbocycles. The van der Waals surface area contributed by atoms with Crippen molar-refractivity contribution in [3.05, 3.63) is 59.4 Å². The number of aromatic hydroxyl groups is 1. The molecular weight excluding hydrogens is 400 g/mol. The number of hydrogen-bond donors (Lipinski definition) is 2. The lowest BCUT2D eigenvalue weighted by atomic mass is 10.1. The molecule has 0 unspecified atom stereocenters. The maximum atomic E-state index is 9.89. The highest BCUT2D eigenvalue weighted by molar-refractivity contribution is 6.30. The lowest BCUT2D eigenvalue weighted by Gasteiger charge is -2.37. The van der Waals surface area contributed by atoms with Gasteiger partial charge in [-0.05, 0) is 36.8 Å². The molecule has 0 amide bonds. The molecule has 2 aromatic carbocycles. The Morgan fingerprint density at radius 2 is 1.80 bits per heavy atom. The molecule has 152 valence electrons. The number of aromatic amines is 1. The lowest BCUT2D eigenvalue weighted by Crippen LogP contribution is -2.47. The van der Waals surface area contributed by atoms with Gasteiger partial charge in [0.1, 0.15) is 17.9 Å². The summed E-state index contributed by atoms with van der Waals surface area (Å²) < 4.78 is 0. The fourth-order valence-corrected chi connectivity index (χ4v) is 4.20. The predicted octanol–water partition coefficient (Wildman–Crippen LogP) is 4.01. The van der Waals surface area contributed by atoms with Crippen LogP contribution in [-0.2, 0) is 0 Å². The summed E-state index contributed by atoms with van der Waals surface area (Å²) in [4.78, 5) is 13.5. The highest BCUT2D eigenvalue weighted by atomic mass is 35.5. The Morgan fingerprint density at radius 1 is 1.00 bits per heavy atom. The van der Waals surface area contributed by atoms with Crippen molar-refractivity contribution >= 4 is 34.1 Å². The van der Waals surface area contributed by atoms with Crippen LogP contribution in [0.25, 0.3) is 22.3 Å². The van der Waals surface area contributed by atoms with Gasteiger partial charge >= 0.3 is 0 Å². The maximum Gasteiger partial charge on any atom is 0.186 e. The van der Waals surface area contributed by atoms with E-state index in [0.717, 1.165) is 53.7 Å². The quantitative estimate of drug-likeness (QED) is 0.521. The van der Waals surface area contributed by atoms with E-state index in [1.165, 1.54) is 11.3 Å². The highest BCUT2D eigenvalue weighted by Gasteiger charge is 2.24. The van der Waals surface area contributed by atoms with E-state index >= 15 is 0 Å². The number of piperazine rings is 1. The number of halogens is 1. The van der Waals surface area contributed by atoms with Gasteiger partial charge in [-0.3, -0.25) is 5.10 Å². The minimum atomic E-state index is 0.208. The van der Waals surface area contributed by atoms with Crippen LogP contribution in [0.3, 0.4) is 0 Å². The summed E-state index contributed by atoms with van der Waals surface area (Å²) in [6.07, 6.45) is 1.55. The van der Waals surface area contributed by atoms with Crippen LogP contribution in [0.4, 0.5) is 11.5 Å². The van der Waals surface area contributed by atoms with Gasteiger partial charge in [-0.25, -0.2) is 9.97 Å². The molecule has 30 heavy (non-hydrogen) atoms. The van der Waals surface area contributed by atoms with E-state index in [1.807, 2.05) is 24.3 Å².